The summed E-state index contributed by atoms with van der Waals surface area (Å²) in [5.74, 6) is -0.0785. The fourth-order valence-electron chi connectivity index (χ4n) is 3.30. The van der Waals surface area contributed by atoms with Crippen molar-refractivity contribution in [1.82, 2.24) is 10.3 Å². The van der Waals surface area contributed by atoms with E-state index in [1.807, 2.05) is 54.6 Å². The molecule has 0 aliphatic heterocycles. The third-order valence-electron chi connectivity index (χ3n) is 4.84. The lowest BCUT2D eigenvalue weighted by atomic mass is 9.96. The highest BCUT2D eigenvalue weighted by molar-refractivity contribution is 5.97. The number of hydrogen-bond donors (Lipinski definition) is 1. The summed E-state index contributed by atoms with van der Waals surface area (Å²) in [7, 11) is 0. The smallest absolute Gasteiger partial charge is 0.251 e. The third kappa shape index (κ3) is 3.58. The van der Waals surface area contributed by atoms with Gasteiger partial charge < -0.3 is 5.32 Å². The standard InChI is InChI=1S/C24H20N2O/c1-17-21(9-5-11-22(17)18-7-3-2-4-8-18)16-26-24(27)20-12-13-23-19(15-20)10-6-14-25-23/h2-15H,16H2,1H3,(H,26,27). The van der Waals surface area contributed by atoms with Crippen molar-refractivity contribution in [3.8, 4) is 11.1 Å². The Bertz CT molecular complexity index is 1100. The normalized spacial score (nSPS) is 10.7. The number of hydrogen-bond acceptors (Lipinski definition) is 2. The van der Waals surface area contributed by atoms with Crippen LogP contribution in [0, 0.1) is 6.92 Å². The molecule has 27 heavy (non-hydrogen) atoms. The number of aromatic nitrogens is 1. The van der Waals surface area contributed by atoms with Crippen LogP contribution in [0.5, 0.6) is 0 Å². The molecule has 0 radical (unpaired) electrons. The minimum Gasteiger partial charge on any atom is -0.348 e. The summed E-state index contributed by atoms with van der Waals surface area (Å²) in [6.07, 6.45) is 1.75. The zero-order valence-corrected chi connectivity index (χ0v) is 15.1. The summed E-state index contributed by atoms with van der Waals surface area (Å²) in [6.45, 7) is 2.60. The van der Waals surface area contributed by atoms with Crippen LogP contribution in [0.1, 0.15) is 21.5 Å². The quantitative estimate of drug-likeness (QED) is 0.552. The molecule has 1 amide bonds. The summed E-state index contributed by atoms with van der Waals surface area (Å²) >= 11 is 0. The van der Waals surface area contributed by atoms with Gasteiger partial charge in [0.15, 0.2) is 0 Å². The number of carbonyl (C=O) groups excluding carboxylic acids is 1. The maximum absolute atomic E-state index is 12.6. The van der Waals surface area contributed by atoms with Crippen molar-refractivity contribution < 1.29 is 4.79 Å². The SMILES string of the molecule is Cc1c(CNC(=O)c2ccc3ncccc3c2)cccc1-c1ccccc1. The first-order valence-electron chi connectivity index (χ1n) is 8.99. The second-order valence-corrected chi connectivity index (χ2v) is 6.55. The van der Waals surface area contributed by atoms with Crippen LogP contribution < -0.4 is 5.32 Å². The average molecular weight is 352 g/mol. The zero-order chi connectivity index (χ0) is 18.6. The molecule has 0 spiro atoms. The Hall–Kier alpha value is -3.46. The lowest BCUT2D eigenvalue weighted by molar-refractivity contribution is 0.0951. The summed E-state index contributed by atoms with van der Waals surface area (Å²) in [5, 5.41) is 4.01. The largest absolute Gasteiger partial charge is 0.348 e. The highest BCUT2D eigenvalue weighted by Gasteiger charge is 2.09. The van der Waals surface area contributed by atoms with Crippen molar-refractivity contribution in [3.05, 3.63) is 102 Å². The summed E-state index contributed by atoms with van der Waals surface area (Å²) in [6, 6.07) is 25.9. The lowest BCUT2D eigenvalue weighted by Crippen LogP contribution is -2.23. The average Bonchev–Trinajstić information content (AvgIpc) is 2.73. The van der Waals surface area contributed by atoms with E-state index in [4.69, 9.17) is 0 Å². The van der Waals surface area contributed by atoms with Crippen LogP contribution in [-0.2, 0) is 6.54 Å². The Morgan fingerprint density at radius 1 is 0.926 bits per heavy atom. The predicted octanol–water partition coefficient (Wildman–Crippen LogP) is 5.14. The zero-order valence-electron chi connectivity index (χ0n) is 15.1. The van der Waals surface area contributed by atoms with E-state index in [1.165, 1.54) is 16.7 Å². The van der Waals surface area contributed by atoms with Gasteiger partial charge in [-0.2, -0.15) is 0 Å². The summed E-state index contributed by atoms with van der Waals surface area (Å²) in [5.41, 5.74) is 6.22. The van der Waals surface area contributed by atoms with Crippen LogP contribution in [-0.4, -0.2) is 10.9 Å². The molecule has 1 heterocycles. The van der Waals surface area contributed by atoms with Crippen LogP contribution in [0.15, 0.2) is 85.1 Å². The molecule has 1 N–H and O–H groups in total. The van der Waals surface area contributed by atoms with Gasteiger partial charge in [0.1, 0.15) is 0 Å². The fourth-order valence-corrected chi connectivity index (χ4v) is 3.30. The van der Waals surface area contributed by atoms with E-state index >= 15 is 0 Å². The second kappa shape index (κ2) is 7.42. The first-order valence-corrected chi connectivity index (χ1v) is 8.99. The number of nitrogens with zero attached hydrogens (tertiary/aromatic N) is 1. The first kappa shape index (κ1) is 17.0. The molecule has 0 fully saturated rings. The number of pyridine rings is 1. The summed E-state index contributed by atoms with van der Waals surface area (Å²) in [4.78, 5) is 16.9. The highest BCUT2D eigenvalue weighted by atomic mass is 16.1. The number of carbonyl (C=O) groups is 1. The number of benzene rings is 3. The minimum atomic E-state index is -0.0785. The second-order valence-electron chi connectivity index (χ2n) is 6.55. The maximum Gasteiger partial charge on any atom is 0.251 e. The van der Waals surface area contributed by atoms with Gasteiger partial charge in [-0.05, 0) is 53.4 Å². The lowest BCUT2D eigenvalue weighted by Gasteiger charge is -2.13. The van der Waals surface area contributed by atoms with Crippen LogP contribution in [0.25, 0.3) is 22.0 Å². The molecule has 4 rings (SSSR count). The monoisotopic (exact) mass is 352 g/mol. The van der Waals surface area contributed by atoms with Gasteiger partial charge in [0.2, 0.25) is 0 Å². The van der Waals surface area contributed by atoms with E-state index in [2.05, 4.69) is 41.5 Å². The summed E-state index contributed by atoms with van der Waals surface area (Å²) < 4.78 is 0. The number of fused-ring (bicyclic) bond motifs is 1. The van der Waals surface area contributed by atoms with Crippen molar-refractivity contribution >= 4 is 16.8 Å². The van der Waals surface area contributed by atoms with Gasteiger partial charge in [-0.25, -0.2) is 0 Å². The van der Waals surface area contributed by atoms with Gasteiger partial charge >= 0.3 is 0 Å². The molecule has 132 valence electrons. The molecule has 3 heteroatoms. The van der Waals surface area contributed by atoms with Crippen LogP contribution >= 0.6 is 0 Å². The van der Waals surface area contributed by atoms with Gasteiger partial charge in [0.25, 0.3) is 5.91 Å². The third-order valence-corrected chi connectivity index (χ3v) is 4.84. The van der Waals surface area contributed by atoms with Crippen molar-refractivity contribution in [2.75, 3.05) is 0 Å². The van der Waals surface area contributed by atoms with Gasteiger partial charge in [0, 0.05) is 23.7 Å². The van der Waals surface area contributed by atoms with Gasteiger partial charge in [0.05, 0.1) is 5.52 Å². The molecule has 3 aromatic carbocycles. The van der Waals surface area contributed by atoms with Crippen molar-refractivity contribution in [2.45, 2.75) is 13.5 Å². The van der Waals surface area contributed by atoms with Crippen molar-refractivity contribution in [1.29, 1.82) is 0 Å². The van der Waals surface area contributed by atoms with E-state index in [-0.39, 0.29) is 5.91 Å². The van der Waals surface area contributed by atoms with Crippen molar-refractivity contribution in [2.24, 2.45) is 0 Å². The number of amides is 1. The Labute approximate surface area is 158 Å². The number of nitrogens with one attached hydrogen (secondary N) is 1. The Balaban J connectivity index is 1.53. The van der Waals surface area contributed by atoms with Crippen LogP contribution in [0.2, 0.25) is 0 Å². The maximum atomic E-state index is 12.6. The molecular weight excluding hydrogens is 332 g/mol. The number of rotatable bonds is 4. The molecule has 3 nitrogen and oxygen atoms in total. The van der Waals surface area contributed by atoms with E-state index in [1.54, 1.807) is 6.20 Å². The molecule has 0 aliphatic rings. The van der Waals surface area contributed by atoms with E-state index in [9.17, 15) is 4.79 Å². The van der Waals surface area contributed by atoms with Gasteiger partial charge in [-0.15, -0.1) is 0 Å². The predicted molar refractivity (Wildman–Crippen MR) is 110 cm³/mol. The Morgan fingerprint density at radius 2 is 1.78 bits per heavy atom. The molecule has 0 saturated heterocycles. The van der Waals surface area contributed by atoms with Crippen molar-refractivity contribution in [3.63, 3.8) is 0 Å². The van der Waals surface area contributed by atoms with E-state index in [0.717, 1.165) is 16.5 Å². The van der Waals surface area contributed by atoms with Gasteiger partial charge in [-0.3, -0.25) is 9.78 Å². The molecular formula is C24H20N2O. The molecule has 0 unspecified atom stereocenters. The first-order chi connectivity index (χ1) is 13.2. The van der Waals surface area contributed by atoms with Crippen LogP contribution in [0.4, 0.5) is 0 Å². The minimum absolute atomic E-state index is 0.0785. The van der Waals surface area contributed by atoms with Crippen LogP contribution in [0.3, 0.4) is 0 Å². The molecule has 0 bridgehead atoms. The Kier molecular flexibility index (Phi) is 4.67. The Morgan fingerprint density at radius 3 is 2.63 bits per heavy atom. The molecule has 1 aromatic heterocycles. The highest BCUT2D eigenvalue weighted by Crippen LogP contribution is 2.25. The van der Waals surface area contributed by atoms with E-state index < -0.39 is 0 Å². The molecule has 0 atom stereocenters. The fraction of sp³-hybridized carbons (Fsp3) is 0.0833. The molecule has 0 aliphatic carbocycles. The molecule has 4 aromatic rings. The topological polar surface area (TPSA) is 42.0 Å². The molecule has 0 saturated carbocycles. The van der Waals surface area contributed by atoms with E-state index in [0.29, 0.717) is 12.1 Å². The van der Waals surface area contributed by atoms with Gasteiger partial charge in [-0.1, -0.05) is 54.6 Å².